The van der Waals surface area contributed by atoms with Crippen LogP contribution in [-0.4, -0.2) is 4.98 Å². The fourth-order valence-electron chi connectivity index (χ4n) is 9.44. The lowest BCUT2D eigenvalue weighted by Crippen LogP contribution is -2.16. The zero-order valence-corrected chi connectivity index (χ0v) is 34.8. The molecule has 0 saturated carbocycles. The predicted molar refractivity (Wildman–Crippen MR) is 259 cm³/mol. The van der Waals surface area contributed by atoms with Gasteiger partial charge in [0.05, 0.1) is 15.9 Å². The number of fused-ring (bicyclic) bond motifs is 9. The molecular formula is C56H38N2S2. The van der Waals surface area contributed by atoms with Crippen LogP contribution in [0.1, 0.15) is 25.0 Å². The summed E-state index contributed by atoms with van der Waals surface area (Å²) in [6.45, 7) is 4.73. The maximum Gasteiger partial charge on any atom is 0.124 e. The lowest BCUT2D eigenvalue weighted by molar-refractivity contribution is 0.660. The Morgan fingerprint density at radius 1 is 0.417 bits per heavy atom. The number of hydrogen-bond donors (Lipinski definition) is 0. The summed E-state index contributed by atoms with van der Waals surface area (Å²) in [7, 11) is 0. The number of thiophene rings is 1. The average Bonchev–Trinajstić information content (AvgIpc) is 3.97. The second-order valence-corrected chi connectivity index (χ2v) is 18.4. The second-order valence-electron chi connectivity index (χ2n) is 16.3. The minimum atomic E-state index is -0.118. The largest absolute Gasteiger partial charge is 0.310 e. The molecule has 0 aliphatic heterocycles. The highest BCUT2D eigenvalue weighted by atomic mass is 32.1. The van der Waals surface area contributed by atoms with Gasteiger partial charge in [-0.15, -0.1) is 22.7 Å². The van der Waals surface area contributed by atoms with E-state index in [-0.39, 0.29) is 5.41 Å². The van der Waals surface area contributed by atoms with Gasteiger partial charge in [0.25, 0.3) is 0 Å². The third-order valence-corrected chi connectivity index (χ3v) is 14.8. The van der Waals surface area contributed by atoms with Crippen molar-refractivity contribution in [2.24, 2.45) is 0 Å². The normalized spacial score (nSPS) is 13.0. The van der Waals surface area contributed by atoms with Gasteiger partial charge in [0, 0.05) is 53.3 Å². The maximum atomic E-state index is 4.96. The van der Waals surface area contributed by atoms with E-state index in [1.54, 1.807) is 11.3 Å². The van der Waals surface area contributed by atoms with E-state index < -0.39 is 0 Å². The first kappa shape index (κ1) is 35.1. The highest BCUT2D eigenvalue weighted by Crippen LogP contribution is 2.52. The van der Waals surface area contributed by atoms with Gasteiger partial charge in [0.1, 0.15) is 5.01 Å². The summed E-state index contributed by atoms with van der Waals surface area (Å²) in [6.07, 6.45) is 0. The molecule has 284 valence electrons. The van der Waals surface area contributed by atoms with Crippen LogP contribution >= 0.6 is 22.7 Å². The van der Waals surface area contributed by atoms with E-state index >= 15 is 0 Å². The molecule has 12 rings (SSSR count). The molecule has 1 aliphatic rings. The van der Waals surface area contributed by atoms with Crippen LogP contribution in [0.2, 0.25) is 0 Å². The molecule has 0 amide bonds. The molecule has 60 heavy (non-hydrogen) atoms. The SMILES string of the molecule is CC1(C)c2ccccc2-c2ccc(N(c3ccc(-c4ccccc4)cc3)c3cc4c5ccc(-c6ccc7nc(-c8ccccc8)sc7c6)cc5sc4c4ccccc34)cc21. The molecule has 0 spiro atoms. The summed E-state index contributed by atoms with van der Waals surface area (Å²) < 4.78 is 3.81. The molecule has 11 aromatic rings. The van der Waals surface area contributed by atoms with E-state index in [9.17, 15) is 0 Å². The van der Waals surface area contributed by atoms with Crippen molar-refractivity contribution in [3.05, 3.63) is 205 Å². The van der Waals surface area contributed by atoms with Crippen molar-refractivity contribution in [2.45, 2.75) is 19.3 Å². The third-order valence-electron chi connectivity index (χ3n) is 12.5. The van der Waals surface area contributed by atoms with E-state index in [2.05, 4.69) is 213 Å². The topological polar surface area (TPSA) is 16.1 Å². The minimum Gasteiger partial charge on any atom is -0.310 e. The van der Waals surface area contributed by atoms with Crippen LogP contribution in [0.15, 0.2) is 194 Å². The molecule has 2 heterocycles. The van der Waals surface area contributed by atoms with Crippen molar-refractivity contribution in [2.75, 3.05) is 4.90 Å². The molecule has 0 bridgehead atoms. The van der Waals surface area contributed by atoms with E-state index in [1.807, 2.05) is 11.3 Å². The van der Waals surface area contributed by atoms with Crippen LogP contribution in [0.4, 0.5) is 17.1 Å². The summed E-state index contributed by atoms with van der Waals surface area (Å²) >= 11 is 3.66. The van der Waals surface area contributed by atoms with Gasteiger partial charge in [-0.25, -0.2) is 4.98 Å². The lowest BCUT2D eigenvalue weighted by atomic mass is 9.82. The van der Waals surface area contributed by atoms with E-state index in [1.165, 1.54) is 85.8 Å². The number of thiazole rings is 1. The third kappa shape index (κ3) is 5.56. The number of rotatable bonds is 6. The van der Waals surface area contributed by atoms with Crippen molar-refractivity contribution in [1.29, 1.82) is 0 Å². The molecule has 0 fully saturated rings. The minimum absolute atomic E-state index is 0.118. The van der Waals surface area contributed by atoms with Crippen molar-refractivity contribution >= 4 is 80.9 Å². The summed E-state index contributed by atoms with van der Waals surface area (Å²) in [5.41, 5.74) is 15.8. The number of nitrogens with zero attached hydrogens (tertiary/aromatic N) is 2. The molecule has 0 radical (unpaired) electrons. The van der Waals surface area contributed by atoms with Crippen molar-refractivity contribution in [3.8, 4) is 44.0 Å². The molecular weight excluding hydrogens is 765 g/mol. The molecule has 0 atom stereocenters. The van der Waals surface area contributed by atoms with Crippen LogP contribution in [0, 0.1) is 0 Å². The summed E-state index contributed by atoms with van der Waals surface area (Å²) in [6, 6.07) is 71.4. The second kappa shape index (κ2) is 13.6. The Morgan fingerprint density at radius 3 is 1.83 bits per heavy atom. The van der Waals surface area contributed by atoms with Gasteiger partial charge >= 0.3 is 0 Å². The first-order valence-corrected chi connectivity index (χ1v) is 22.2. The Bertz CT molecular complexity index is 3450. The van der Waals surface area contributed by atoms with Crippen molar-refractivity contribution in [1.82, 2.24) is 4.98 Å². The van der Waals surface area contributed by atoms with Crippen LogP contribution in [0.25, 0.3) is 85.1 Å². The Balaban J connectivity index is 1.02. The zero-order chi connectivity index (χ0) is 40.0. The Kier molecular flexibility index (Phi) is 7.96. The maximum absolute atomic E-state index is 4.96. The van der Waals surface area contributed by atoms with Crippen molar-refractivity contribution < 1.29 is 0 Å². The number of benzene rings is 9. The van der Waals surface area contributed by atoms with Crippen LogP contribution in [0.5, 0.6) is 0 Å². The van der Waals surface area contributed by atoms with Crippen LogP contribution < -0.4 is 4.90 Å². The molecule has 4 heteroatoms. The first-order valence-electron chi connectivity index (χ1n) is 20.5. The van der Waals surface area contributed by atoms with Gasteiger partial charge < -0.3 is 4.90 Å². The summed E-state index contributed by atoms with van der Waals surface area (Å²) in [4.78, 5) is 7.45. The lowest BCUT2D eigenvalue weighted by Gasteiger charge is -2.29. The molecule has 0 N–H and O–H groups in total. The average molecular weight is 803 g/mol. The predicted octanol–water partition coefficient (Wildman–Crippen LogP) is 16.6. The van der Waals surface area contributed by atoms with Gasteiger partial charge in [-0.1, -0.05) is 159 Å². The van der Waals surface area contributed by atoms with E-state index in [0.717, 1.165) is 27.5 Å². The highest BCUT2D eigenvalue weighted by molar-refractivity contribution is 7.26. The van der Waals surface area contributed by atoms with Gasteiger partial charge in [-0.3, -0.25) is 0 Å². The Labute approximate surface area is 357 Å². The fraction of sp³-hybridized carbons (Fsp3) is 0.0536. The number of aromatic nitrogens is 1. The molecule has 0 unspecified atom stereocenters. The van der Waals surface area contributed by atoms with E-state index in [4.69, 9.17) is 4.98 Å². The van der Waals surface area contributed by atoms with Crippen molar-refractivity contribution in [3.63, 3.8) is 0 Å². The molecule has 1 aliphatic carbocycles. The molecule has 2 nitrogen and oxygen atoms in total. The molecule has 2 aromatic heterocycles. The fourth-order valence-corrected chi connectivity index (χ4v) is 11.7. The van der Waals surface area contributed by atoms with Gasteiger partial charge in [-0.2, -0.15) is 0 Å². The van der Waals surface area contributed by atoms with Gasteiger partial charge in [0.2, 0.25) is 0 Å². The summed E-state index contributed by atoms with van der Waals surface area (Å²) in [5.74, 6) is 0. The standard InChI is InChI=1S/C56H38N2S2/c1-56(2)48-20-12-11-17-42(48)43-29-27-41(33-49(43)56)58(40-25-21-36(22-26-40)35-13-5-3-6-14-35)51-34-47-45-28-23-38(31-52(45)59-54(47)46-19-10-9-18-44(46)51)39-24-30-50-53(32-39)60-55(57-50)37-15-7-4-8-16-37/h3-34H,1-2H3. The number of hydrogen-bond acceptors (Lipinski definition) is 4. The number of anilines is 3. The van der Waals surface area contributed by atoms with Gasteiger partial charge in [-0.05, 0) is 93.0 Å². The first-order chi connectivity index (χ1) is 29.5. The smallest absolute Gasteiger partial charge is 0.124 e. The van der Waals surface area contributed by atoms with Crippen LogP contribution in [-0.2, 0) is 5.41 Å². The Hall–Kier alpha value is -6.85. The summed E-state index contributed by atoms with van der Waals surface area (Å²) in [5, 5.41) is 6.12. The van der Waals surface area contributed by atoms with Gasteiger partial charge in [0.15, 0.2) is 0 Å². The Morgan fingerprint density at radius 2 is 1.03 bits per heavy atom. The quantitative estimate of drug-likeness (QED) is 0.166. The highest BCUT2D eigenvalue weighted by Gasteiger charge is 2.36. The van der Waals surface area contributed by atoms with E-state index in [0.29, 0.717) is 0 Å². The molecule has 9 aromatic carbocycles. The molecule has 0 saturated heterocycles. The monoisotopic (exact) mass is 802 g/mol. The zero-order valence-electron chi connectivity index (χ0n) is 33.2. The van der Waals surface area contributed by atoms with Crippen LogP contribution in [0.3, 0.4) is 0 Å².